The first kappa shape index (κ1) is 13.1. The molecule has 0 aliphatic rings. The van der Waals surface area contributed by atoms with Crippen molar-refractivity contribution < 1.29 is 4.74 Å². The molecule has 2 N–H and O–H groups in total. The summed E-state index contributed by atoms with van der Waals surface area (Å²) in [6.45, 7) is 1.97. The Balaban J connectivity index is 2.37. The van der Waals surface area contributed by atoms with Gasteiger partial charge in [0.2, 0.25) is 5.88 Å². The number of nitrogens with two attached hydrogens (primary N) is 1. The molecule has 0 radical (unpaired) electrons. The Labute approximate surface area is 118 Å². The molecule has 0 aliphatic carbocycles. The van der Waals surface area contributed by atoms with E-state index < -0.39 is 0 Å². The second-order valence-electron chi connectivity index (χ2n) is 3.57. The maximum absolute atomic E-state index is 5.87. The third-order valence-corrected chi connectivity index (χ3v) is 3.25. The van der Waals surface area contributed by atoms with Crippen LogP contribution >= 0.6 is 27.5 Å². The number of rotatable bonds is 3. The summed E-state index contributed by atoms with van der Waals surface area (Å²) in [5.41, 5.74) is 6.57. The predicted molar refractivity (Wildman–Crippen MR) is 75.0 cm³/mol. The van der Waals surface area contributed by atoms with Crippen LogP contribution in [0.5, 0.6) is 11.6 Å². The van der Waals surface area contributed by atoms with Crippen molar-refractivity contribution in [2.45, 2.75) is 13.3 Å². The molecule has 1 aromatic carbocycles. The molecule has 1 aromatic heterocycles. The van der Waals surface area contributed by atoms with Gasteiger partial charge in [0.15, 0.2) is 0 Å². The lowest BCUT2D eigenvalue weighted by atomic mass is 10.2. The summed E-state index contributed by atoms with van der Waals surface area (Å²) in [5, 5.41) is 0.632. The van der Waals surface area contributed by atoms with Gasteiger partial charge >= 0.3 is 0 Å². The maximum Gasteiger partial charge on any atom is 0.227 e. The number of aromatic nitrogens is 2. The fraction of sp³-hybridized carbons (Fsp3) is 0.167. The summed E-state index contributed by atoms with van der Waals surface area (Å²) in [6, 6.07) is 5.27. The van der Waals surface area contributed by atoms with Gasteiger partial charge < -0.3 is 10.5 Å². The number of benzene rings is 1. The molecule has 0 unspecified atom stereocenters. The summed E-state index contributed by atoms with van der Waals surface area (Å²) in [7, 11) is 0. The minimum Gasteiger partial charge on any atom is -0.437 e. The van der Waals surface area contributed by atoms with Crippen LogP contribution in [0.25, 0.3) is 0 Å². The lowest BCUT2D eigenvalue weighted by Crippen LogP contribution is -2.01. The molecule has 2 aromatic rings. The van der Waals surface area contributed by atoms with E-state index in [0.29, 0.717) is 28.9 Å². The zero-order valence-corrected chi connectivity index (χ0v) is 12.0. The molecule has 0 saturated carbocycles. The average Bonchev–Trinajstić information content (AvgIpc) is 2.33. The minimum atomic E-state index is 0.438. The van der Waals surface area contributed by atoms with E-state index in [1.54, 1.807) is 18.2 Å². The molecule has 0 amide bonds. The number of hydrogen-bond donors (Lipinski definition) is 1. The zero-order chi connectivity index (χ0) is 13.1. The van der Waals surface area contributed by atoms with Crippen molar-refractivity contribution in [3.63, 3.8) is 0 Å². The van der Waals surface area contributed by atoms with Gasteiger partial charge in [0.25, 0.3) is 0 Å². The van der Waals surface area contributed by atoms with Crippen molar-refractivity contribution >= 4 is 33.3 Å². The Hall–Kier alpha value is -1.33. The SMILES string of the molecule is CCc1c(N)ncnc1Oc1ccc(Cl)cc1Br. The van der Waals surface area contributed by atoms with Crippen LogP contribution in [0.2, 0.25) is 5.02 Å². The first-order chi connectivity index (χ1) is 8.61. The molecule has 0 fully saturated rings. The molecule has 6 heteroatoms. The Morgan fingerprint density at radius 3 is 2.83 bits per heavy atom. The van der Waals surface area contributed by atoms with Gasteiger partial charge in [-0.25, -0.2) is 9.97 Å². The van der Waals surface area contributed by atoms with Gasteiger partial charge in [-0.05, 0) is 40.5 Å². The third kappa shape index (κ3) is 2.73. The van der Waals surface area contributed by atoms with Crippen LogP contribution in [0.1, 0.15) is 12.5 Å². The van der Waals surface area contributed by atoms with Crippen LogP contribution in [-0.4, -0.2) is 9.97 Å². The third-order valence-electron chi connectivity index (χ3n) is 2.39. The first-order valence-electron chi connectivity index (χ1n) is 5.34. The summed E-state index contributed by atoms with van der Waals surface area (Å²) in [6.07, 6.45) is 2.08. The van der Waals surface area contributed by atoms with E-state index in [9.17, 15) is 0 Å². The molecule has 18 heavy (non-hydrogen) atoms. The zero-order valence-electron chi connectivity index (χ0n) is 9.65. The molecular formula is C12H11BrClN3O. The second-order valence-corrected chi connectivity index (χ2v) is 4.86. The normalized spacial score (nSPS) is 10.4. The maximum atomic E-state index is 5.87. The van der Waals surface area contributed by atoms with E-state index in [1.165, 1.54) is 6.33 Å². The smallest absolute Gasteiger partial charge is 0.227 e. The van der Waals surface area contributed by atoms with E-state index in [-0.39, 0.29) is 0 Å². The largest absolute Gasteiger partial charge is 0.437 e. The van der Waals surface area contributed by atoms with E-state index in [4.69, 9.17) is 22.1 Å². The van der Waals surface area contributed by atoms with Gasteiger partial charge in [0.1, 0.15) is 17.9 Å². The molecule has 0 bridgehead atoms. The number of halogens is 2. The van der Waals surface area contributed by atoms with Gasteiger partial charge in [-0.3, -0.25) is 0 Å². The van der Waals surface area contributed by atoms with Gasteiger partial charge in [0.05, 0.1) is 10.0 Å². The Morgan fingerprint density at radius 2 is 2.17 bits per heavy atom. The molecule has 1 heterocycles. The Morgan fingerprint density at radius 1 is 1.39 bits per heavy atom. The van der Waals surface area contributed by atoms with Crippen LogP contribution in [0.15, 0.2) is 29.0 Å². The molecule has 0 atom stereocenters. The monoisotopic (exact) mass is 327 g/mol. The molecule has 2 rings (SSSR count). The van der Waals surface area contributed by atoms with Gasteiger partial charge in [0, 0.05) is 5.02 Å². The van der Waals surface area contributed by atoms with Gasteiger partial charge in [-0.2, -0.15) is 0 Å². The minimum absolute atomic E-state index is 0.438. The van der Waals surface area contributed by atoms with Crippen LogP contribution in [0.4, 0.5) is 5.82 Å². The van der Waals surface area contributed by atoms with Crippen LogP contribution in [0.3, 0.4) is 0 Å². The summed E-state index contributed by atoms with van der Waals surface area (Å²) >= 11 is 9.26. The molecule has 0 spiro atoms. The van der Waals surface area contributed by atoms with Crippen molar-refractivity contribution in [3.05, 3.63) is 39.6 Å². The van der Waals surface area contributed by atoms with E-state index in [2.05, 4.69) is 25.9 Å². The highest BCUT2D eigenvalue weighted by Gasteiger charge is 2.11. The fourth-order valence-corrected chi connectivity index (χ4v) is 2.25. The summed E-state index contributed by atoms with van der Waals surface area (Å²) < 4.78 is 6.49. The lowest BCUT2D eigenvalue weighted by Gasteiger charge is -2.11. The van der Waals surface area contributed by atoms with Gasteiger partial charge in [-0.15, -0.1) is 0 Å². The van der Waals surface area contributed by atoms with E-state index >= 15 is 0 Å². The van der Waals surface area contributed by atoms with Crippen molar-refractivity contribution in [1.29, 1.82) is 0 Å². The quantitative estimate of drug-likeness (QED) is 0.930. The Bertz CT molecular complexity index is 577. The highest BCUT2D eigenvalue weighted by Crippen LogP contribution is 2.33. The molecule has 4 nitrogen and oxygen atoms in total. The van der Waals surface area contributed by atoms with Crippen molar-refractivity contribution in [3.8, 4) is 11.6 Å². The molecule has 94 valence electrons. The lowest BCUT2D eigenvalue weighted by molar-refractivity contribution is 0.453. The van der Waals surface area contributed by atoms with Crippen LogP contribution in [0, 0.1) is 0 Å². The number of anilines is 1. The first-order valence-corrected chi connectivity index (χ1v) is 6.51. The average molecular weight is 329 g/mol. The van der Waals surface area contributed by atoms with Crippen LogP contribution < -0.4 is 10.5 Å². The number of ether oxygens (including phenoxy) is 1. The molecule has 0 saturated heterocycles. The highest BCUT2D eigenvalue weighted by atomic mass is 79.9. The summed E-state index contributed by atoms with van der Waals surface area (Å²) in [5.74, 6) is 1.54. The van der Waals surface area contributed by atoms with Gasteiger partial charge in [-0.1, -0.05) is 18.5 Å². The topological polar surface area (TPSA) is 61.0 Å². The van der Waals surface area contributed by atoms with Crippen molar-refractivity contribution in [2.75, 3.05) is 5.73 Å². The number of nitrogens with zero attached hydrogens (tertiary/aromatic N) is 2. The fourth-order valence-electron chi connectivity index (χ4n) is 1.49. The molecular weight excluding hydrogens is 318 g/mol. The Kier molecular flexibility index (Phi) is 4.04. The summed E-state index contributed by atoms with van der Waals surface area (Å²) in [4.78, 5) is 8.04. The molecule has 0 aliphatic heterocycles. The number of hydrogen-bond acceptors (Lipinski definition) is 4. The number of nitrogen functional groups attached to an aromatic ring is 1. The van der Waals surface area contributed by atoms with E-state index in [1.807, 2.05) is 6.92 Å². The second kappa shape index (κ2) is 5.54. The van der Waals surface area contributed by atoms with Crippen LogP contribution in [-0.2, 0) is 6.42 Å². The highest BCUT2D eigenvalue weighted by molar-refractivity contribution is 9.10. The van der Waals surface area contributed by atoms with Crippen molar-refractivity contribution in [1.82, 2.24) is 9.97 Å². The predicted octanol–water partition coefficient (Wildman–Crippen LogP) is 3.83. The van der Waals surface area contributed by atoms with E-state index in [0.717, 1.165) is 10.0 Å². The standard InChI is InChI=1S/C12H11BrClN3O/c1-2-8-11(15)16-6-17-12(8)18-10-4-3-7(14)5-9(10)13/h3-6H,2H2,1H3,(H2,15,16,17). The van der Waals surface area contributed by atoms with Crippen molar-refractivity contribution in [2.24, 2.45) is 0 Å².